The van der Waals surface area contributed by atoms with E-state index in [1.54, 1.807) is 6.20 Å². The average Bonchev–Trinajstić information content (AvgIpc) is 2.71. The van der Waals surface area contributed by atoms with E-state index in [1.165, 1.54) is 21.4 Å². The molecule has 18 heavy (non-hydrogen) atoms. The molecule has 0 bridgehead atoms. The Kier molecular flexibility index (Phi) is 3.32. The van der Waals surface area contributed by atoms with E-state index in [-0.39, 0.29) is 0 Å². The number of benzene rings is 1. The summed E-state index contributed by atoms with van der Waals surface area (Å²) < 4.78 is 25.0. The smallest absolute Gasteiger partial charge is 0.236 e. The molecule has 0 unspecified atom stereocenters. The van der Waals surface area contributed by atoms with Gasteiger partial charge in [-0.05, 0) is 49.1 Å². The fraction of sp³-hybridized carbons (Fsp3) is 0.385. The molecule has 0 N–H and O–H groups in total. The molecule has 0 aliphatic carbocycles. The lowest BCUT2D eigenvalue weighted by Crippen LogP contribution is -2.10. The molecule has 1 aromatic carbocycles. The third-order valence-electron chi connectivity index (χ3n) is 3.57. The Morgan fingerprint density at radius 2 is 1.78 bits per heavy atom. The van der Waals surface area contributed by atoms with Gasteiger partial charge in [0.15, 0.2) is 0 Å². The van der Waals surface area contributed by atoms with Gasteiger partial charge in [0.1, 0.15) is 0 Å². The van der Waals surface area contributed by atoms with E-state index in [2.05, 4.69) is 22.9 Å². The molecule has 0 atom stereocenters. The minimum Gasteiger partial charge on any atom is -0.245 e. The van der Waals surface area contributed by atoms with E-state index in [1.807, 2.05) is 19.9 Å². The van der Waals surface area contributed by atoms with E-state index in [9.17, 15) is 8.42 Å². The van der Waals surface area contributed by atoms with Gasteiger partial charge in [0, 0.05) is 16.9 Å². The summed E-state index contributed by atoms with van der Waals surface area (Å²) in [6, 6.07) is 1.88. The molecule has 0 spiro atoms. The second-order valence-electron chi connectivity index (χ2n) is 4.62. The highest BCUT2D eigenvalue weighted by molar-refractivity contribution is 9.08. The van der Waals surface area contributed by atoms with E-state index in [0.29, 0.717) is 0 Å². The summed E-state index contributed by atoms with van der Waals surface area (Å²) in [6.45, 7) is 6.10. The van der Waals surface area contributed by atoms with Gasteiger partial charge >= 0.3 is 0 Å². The van der Waals surface area contributed by atoms with Crippen LogP contribution in [-0.4, -0.2) is 18.6 Å². The summed E-state index contributed by atoms with van der Waals surface area (Å²) in [5.74, 6) is 0. The first kappa shape index (κ1) is 13.6. The fourth-order valence-corrected chi connectivity index (χ4v) is 4.10. The van der Waals surface area contributed by atoms with Gasteiger partial charge in [-0.1, -0.05) is 15.9 Å². The molecule has 0 aliphatic rings. The Morgan fingerprint density at radius 1 is 1.17 bits per heavy atom. The van der Waals surface area contributed by atoms with Crippen LogP contribution in [0.1, 0.15) is 22.3 Å². The number of hydrogen-bond donors (Lipinski definition) is 0. The van der Waals surface area contributed by atoms with E-state index in [4.69, 9.17) is 0 Å². The van der Waals surface area contributed by atoms with E-state index >= 15 is 0 Å². The third kappa shape index (κ3) is 1.89. The number of alkyl halides is 1. The van der Waals surface area contributed by atoms with Crippen LogP contribution in [0.15, 0.2) is 12.3 Å². The van der Waals surface area contributed by atoms with Crippen LogP contribution in [0.2, 0.25) is 0 Å². The molecule has 1 heterocycles. The lowest BCUT2D eigenvalue weighted by molar-refractivity contribution is 0.595. The van der Waals surface area contributed by atoms with Crippen LogP contribution in [0, 0.1) is 20.8 Å². The Bertz CT molecular complexity index is 729. The monoisotopic (exact) mass is 329 g/mol. The number of nitrogens with zero attached hydrogens (tertiary/aromatic N) is 1. The molecule has 0 saturated carbocycles. The number of aryl methyl sites for hydroxylation is 2. The number of aromatic nitrogens is 1. The first-order valence-electron chi connectivity index (χ1n) is 5.65. The van der Waals surface area contributed by atoms with Crippen molar-refractivity contribution >= 4 is 36.9 Å². The molecule has 0 aliphatic heterocycles. The number of rotatable bonds is 2. The first-order valence-corrected chi connectivity index (χ1v) is 8.62. The predicted octanol–water partition coefficient (Wildman–Crippen LogP) is 3.27. The first-order chi connectivity index (χ1) is 8.29. The molecule has 2 rings (SSSR count). The molecule has 2 aromatic rings. The summed E-state index contributed by atoms with van der Waals surface area (Å²) in [7, 11) is -3.26. The van der Waals surface area contributed by atoms with Gasteiger partial charge in [-0.2, -0.15) is 0 Å². The van der Waals surface area contributed by atoms with Gasteiger partial charge in [-0.25, -0.2) is 12.4 Å². The molecule has 0 saturated heterocycles. The Labute approximate surface area is 116 Å². The lowest BCUT2D eigenvalue weighted by Gasteiger charge is -2.14. The molecule has 0 radical (unpaired) electrons. The van der Waals surface area contributed by atoms with E-state index in [0.717, 1.165) is 27.4 Å². The van der Waals surface area contributed by atoms with Crippen molar-refractivity contribution in [3.63, 3.8) is 0 Å². The third-order valence-corrected chi connectivity index (χ3v) is 5.15. The Hall–Kier alpha value is -0.810. The van der Waals surface area contributed by atoms with Gasteiger partial charge in [0.25, 0.3) is 0 Å². The zero-order valence-electron chi connectivity index (χ0n) is 10.9. The van der Waals surface area contributed by atoms with Crippen molar-refractivity contribution in [3.05, 3.63) is 34.5 Å². The topological polar surface area (TPSA) is 39.1 Å². The molecule has 1 aromatic heterocycles. The second kappa shape index (κ2) is 4.38. The molecular formula is C13H16BrNO2S. The maximum absolute atomic E-state index is 11.8. The molecule has 3 nitrogen and oxygen atoms in total. The molecule has 5 heteroatoms. The molecule has 0 fully saturated rings. The minimum absolute atomic E-state index is 0.733. The summed E-state index contributed by atoms with van der Waals surface area (Å²) in [5.41, 5.74) is 5.37. The van der Waals surface area contributed by atoms with Crippen LogP contribution in [0.4, 0.5) is 0 Å². The maximum atomic E-state index is 11.8. The SMILES string of the molecule is Cc1c(CBr)c(C)c2c(ccn2S(C)(=O)=O)c1C. The van der Waals surface area contributed by atoms with Gasteiger partial charge < -0.3 is 0 Å². The van der Waals surface area contributed by atoms with Crippen LogP contribution in [0.3, 0.4) is 0 Å². The van der Waals surface area contributed by atoms with Crippen molar-refractivity contribution in [1.82, 2.24) is 3.97 Å². The highest BCUT2D eigenvalue weighted by Gasteiger charge is 2.17. The molecule has 0 amide bonds. The number of fused-ring (bicyclic) bond motifs is 1. The van der Waals surface area contributed by atoms with Gasteiger partial charge in [-0.3, -0.25) is 0 Å². The van der Waals surface area contributed by atoms with Crippen LogP contribution in [0.25, 0.3) is 10.9 Å². The second-order valence-corrected chi connectivity index (χ2v) is 7.04. The van der Waals surface area contributed by atoms with Crippen LogP contribution >= 0.6 is 15.9 Å². The normalized spacial score (nSPS) is 12.3. The summed E-state index contributed by atoms with van der Waals surface area (Å²) >= 11 is 3.48. The highest BCUT2D eigenvalue weighted by Crippen LogP contribution is 2.32. The van der Waals surface area contributed by atoms with Gasteiger partial charge in [-0.15, -0.1) is 0 Å². The largest absolute Gasteiger partial charge is 0.245 e. The lowest BCUT2D eigenvalue weighted by atomic mass is 9.96. The fourth-order valence-electron chi connectivity index (χ4n) is 2.41. The van der Waals surface area contributed by atoms with Crippen molar-refractivity contribution in [1.29, 1.82) is 0 Å². The van der Waals surface area contributed by atoms with Crippen LogP contribution in [0.5, 0.6) is 0 Å². The number of hydrogen-bond acceptors (Lipinski definition) is 2. The minimum atomic E-state index is -3.26. The van der Waals surface area contributed by atoms with Crippen LogP contribution in [-0.2, 0) is 15.4 Å². The standard InChI is InChI=1S/C13H16BrNO2S/c1-8-9(2)12(7-14)10(3)13-11(8)5-6-15(13)18(4,16)17/h5-6H,7H2,1-4H3. The summed E-state index contributed by atoms with van der Waals surface area (Å²) in [5, 5.41) is 1.75. The Balaban J connectivity index is 3.04. The van der Waals surface area contributed by atoms with Crippen molar-refractivity contribution in [3.8, 4) is 0 Å². The van der Waals surface area contributed by atoms with Crippen molar-refractivity contribution in [2.45, 2.75) is 26.1 Å². The van der Waals surface area contributed by atoms with Crippen LogP contribution < -0.4 is 0 Å². The highest BCUT2D eigenvalue weighted by atomic mass is 79.9. The summed E-state index contributed by atoms with van der Waals surface area (Å²) in [6.07, 6.45) is 2.87. The zero-order chi connectivity index (χ0) is 13.7. The quantitative estimate of drug-likeness (QED) is 0.793. The zero-order valence-corrected chi connectivity index (χ0v) is 13.3. The van der Waals surface area contributed by atoms with Crippen molar-refractivity contribution < 1.29 is 8.42 Å². The van der Waals surface area contributed by atoms with Crippen molar-refractivity contribution in [2.24, 2.45) is 0 Å². The van der Waals surface area contributed by atoms with Gasteiger partial charge in [0.2, 0.25) is 10.0 Å². The molecule has 98 valence electrons. The van der Waals surface area contributed by atoms with Gasteiger partial charge in [0.05, 0.1) is 11.8 Å². The summed E-state index contributed by atoms with van der Waals surface area (Å²) in [4.78, 5) is 0. The number of halogens is 1. The Morgan fingerprint density at radius 3 is 2.28 bits per heavy atom. The maximum Gasteiger partial charge on any atom is 0.236 e. The molecular weight excluding hydrogens is 314 g/mol. The average molecular weight is 330 g/mol. The predicted molar refractivity (Wildman–Crippen MR) is 79.0 cm³/mol. The van der Waals surface area contributed by atoms with Crippen molar-refractivity contribution in [2.75, 3.05) is 6.26 Å². The van der Waals surface area contributed by atoms with E-state index < -0.39 is 10.0 Å².